The third-order valence-corrected chi connectivity index (χ3v) is 2.25. The maximum absolute atomic E-state index is 4.59. The second-order valence-electron chi connectivity index (χ2n) is 3.37. The molecule has 80 valence electrons. The SMILES string of the molecule is CCN(C)CCNCc1nonc1C. The van der Waals surface area contributed by atoms with Crippen LogP contribution in [0, 0.1) is 6.92 Å². The van der Waals surface area contributed by atoms with Crippen LogP contribution in [0.5, 0.6) is 0 Å². The summed E-state index contributed by atoms with van der Waals surface area (Å²) in [4.78, 5) is 2.25. The molecule has 1 rings (SSSR count). The van der Waals surface area contributed by atoms with Gasteiger partial charge in [0, 0.05) is 19.6 Å². The molecule has 0 amide bonds. The summed E-state index contributed by atoms with van der Waals surface area (Å²) < 4.78 is 4.59. The molecule has 0 aliphatic rings. The van der Waals surface area contributed by atoms with Crippen molar-refractivity contribution in [3.8, 4) is 0 Å². The Bertz CT molecular complexity index is 261. The summed E-state index contributed by atoms with van der Waals surface area (Å²) in [6.07, 6.45) is 0. The highest BCUT2D eigenvalue weighted by atomic mass is 16.6. The van der Waals surface area contributed by atoms with Crippen molar-refractivity contribution >= 4 is 0 Å². The van der Waals surface area contributed by atoms with Crippen molar-refractivity contribution in [2.24, 2.45) is 0 Å². The quantitative estimate of drug-likeness (QED) is 0.671. The highest BCUT2D eigenvalue weighted by Crippen LogP contribution is 1.98. The number of rotatable bonds is 6. The predicted octanol–water partition coefficient (Wildman–Crippen LogP) is 0.419. The van der Waals surface area contributed by atoms with Crippen LogP contribution in [0.25, 0.3) is 0 Å². The molecule has 1 aromatic heterocycles. The van der Waals surface area contributed by atoms with Crippen molar-refractivity contribution in [1.29, 1.82) is 0 Å². The minimum atomic E-state index is 0.729. The van der Waals surface area contributed by atoms with Crippen molar-refractivity contribution in [2.75, 3.05) is 26.7 Å². The fraction of sp³-hybridized carbons (Fsp3) is 0.778. The van der Waals surface area contributed by atoms with E-state index >= 15 is 0 Å². The summed E-state index contributed by atoms with van der Waals surface area (Å²) in [5, 5.41) is 10.8. The molecule has 0 aliphatic heterocycles. The Labute approximate surface area is 84.4 Å². The van der Waals surface area contributed by atoms with Gasteiger partial charge >= 0.3 is 0 Å². The lowest BCUT2D eigenvalue weighted by molar-refractivity contribution is 0.299. The molecule has 0 radical (unpaired) electrons. The van der Waals surface area contributed by atoms with Crippen LogP contribution in [0.1, 0.15) is 18.3 Å². The molecule has 1 heterocycles. The van der Waals surface area contributed by atoms with Crippen LogP contribution in [-0.2, 0) is 6.54 Å². The average Bonchev–Trinajstić information content (AvgIpc) is 2.58. The first kappa shape index (κ1) is 11.1. The van der Waals surface area contributed by atoms with Crippen molar-refractivity contribution in [3.05, 3.63) is 11.4 Å². The van der Waals surface area contributed by atoms with E-state index in [-0.39, 0.29) is 0 Å². The molecule has 0 bridgehead atoms. The van der Waals surface area contributed by atoms with Crippen LogP contribution in [-0.4, -0.2) is 41.9 Å². The lowest BCUT2D eigenvalue weighted by Crippen LogP contribution is -2.28. The van der Waals surface area contributed by atoms with Gasteiger partial charge in [0.1, 0.15) is 11.4 Å². The van der Waals surface area contributed by atoms with Crippen LogP contribution in [0.4, 0.5) is 0 Å². The average molecular weight is 198 g/mol. The van der Waals surface area contributed by atoms with Gasteiger partial charge in [-0.1, -0.05) is 17.2 Å². The fourth-order valence-corrected chi connectivity index (χ4v) is 1.04. The highest BCUT2D eigenvalue weighted by molar-refractivity contribution is 5.03. The van der Waals surface area contributed by atoms with E-state index < -0.39 is 0 Å². The minimum absolute atomic E-state index is 0.729. The summed E-state index contributed by atoms with van der Waals surface area (Å²) in [5.74, 6) is 0. The zero-order valence-corrected chi connectivity index (χ0v) is 9.08. The largest absolute Gasteiger partial charge is 0.310 e. The van der Waals surface area contributed by atoms with Gasteiger partial charge in [-0.15, -0.1) is 0 Å². The molecule has 0 saturated heterocycles. The molecule has 0 aliphatic carbocycles. The third-order valence-electron chi connectivity index (χ3n) is 2.25. The Hall–Kier alpha value is -0.940. The Morgan fingerprint density at radius 2 is 2.21 bits per heavy atom. The Morgan fingerprint density at radius 3 is 2.79 bits per heavy atom. The summed E-state index contributed by atoms with van der Waals surface area (Å²) in [6.45, 7) is 7.84. The van der Waals surface area contributed by atoms with E-state index in [0.717, 1.165) is 37.6 Å². The number of nitrogens with zero attached hydrogens (tertiary/aromatic N) is 3. The molecule has 1 aromatic rings. The Morgan fingerprint density at radius 1 is 1.43 bits per heavy atom. The predicted molar refractivity (Wildman–Crippen MR) is 53.9 cm³/mol. The van der Waals surface area contributed by atoms with Gasteiger partial charge in [0.15, 0.2) is 0 Å². The Kier molecular flexibility index (Phi) is 4.55. The van der Waals surface area contributed by atoms with Gasteiger partial charge in [-0.2, -0.15) is 0 Å². The van der Waals surface area contributed by atoms with Gasteiger partial charge in [0.05, 0.1) is 0 Å². The molecule has 14 heavy (non-hydrogen) atoms. The summed E-state index contributed by atoms with van der Waals surface area (Å²) in [7, 11) is 2.10. The fourth-order valence-electron chi connectivity index (χ4n) is 1.04. The number of hydrogen-bond donors (Lipinski definition) is 1. The van der Waals surface area contributed by atoms with E-state index in [1.165, 1.54) is 0 Å². The van der Waals surface area contributed by atoms with Gasteiger partial charge in [-0.05, 0) is 20.5 Å². The molecule has 5 heteroatoms. The summed E-state index contributed by atoms with van der Waals surface area (Å²) in [5.41, 5.74) is 1.76. The van der Waals surface area contributed by atoms with Crippen molar-refractivity contribution in [2.45, 2.75) is 20.4 Å². The van der Waals surface area contributed by atoms with E-state index in [0.29, 0.717) is 0 Å². The minimum Gasteiger partial charge on any atom is -0.310 e. The molecule has 0 saturated carbocycles. The second-order valence-corrected chi connectivity index (χ2v) is 3.37. The second kappa shape index (κ2) is 5.72. The monoisotopic (exact) mass is 198 g/mol. The van der Waals surface area contributed by atoms with Crippen LogP contribution in [0.3, 0.4) is 0 Å². The molecule has 1 N–H and O–H groups in total. The first-order chi connectivity index (χ1) is 6.74. The molecule has 0 unspecified atom stereocenters. The molecule has 0 aromatic carbocycles. The van der Waals surface area contributed by atoms with Gasteiger partial charge in [0.2, 0.25) is 0 Å². The molecule has 5 nitrogen and oxygen atoms in total. The lowest BCUT2D eigenvalue weighted by Gasteiger charge is -2.13. The first-order valence-electron chi connectivity index (χ1n) is 4.91. The number of aryl methyl sites for hydroxylation is 1. The van der Waals surface area contributed by atoms with Gasteiger partial charge in [-0.3, -0.25) is 0 Å². The van der Waals surface area contributed by atoms with Gasteiger partial charge in [0.25, 0.3) is 0 Å². The summed E-state index contributed by atoms with van der Waals surface area (Å²) >= 11 is 0. The Balaban J connectivity index is 2.13. The molecule has 0 atom stereocenters. The van der Waals surface area contributed by atoms with Gasteiger partial charge < -0.3 is 10.2 Å². The van der Waals surface area contributed by atoms with Crippen molar-refractivity contribution in [3.63, 3.8) is 0 Å². The van der Waals surface area contributed by atoms with Crippen molar-refractivity contribution < 1.29 is 4.63 Å². The summed E-state index contributed by atoms with van der Waals surface area (Å²) in [6, 6.07) is 0. The number of hydrogen-bond acceptors (Lipinski definition) is 5. The third kappa shape index (κ3) is 3.43. The standard InChI is InChI=1S/C9H18N4O/c1-4-13(3)6-5-10-7-9-8(2)11-14-12-9/h10H,4-7H2,1-3H3. The van der Waals surface area contributed by atoms with E-state index in [4.69, 9.17) is 0 Å². The number of nitrogens with one attached hydrogen (secondary N) is 1. The van der Waals surface area contributed by atoms with Crippen molar-refractivity contribution in [1.82, 2.24) is 20.5 Å². The molecular weight excluding hydrogens is 180 g/mol. The van der Waals surface area contributed by atoms with E-state index in [1.54, 1.807) is 0 Å². The molecular formula is C9H18N4O. The lowest BCUT2D eigenvalue weighted by atomic mass is 10.3. The normalized spacial score (nSPS) is 11.1. The maximum Gasteiger partial charge on any atom is 0.121 e. The van der Waals surface area contributed by atoms with Gasteiger partial charge in [-0.25, -0.2) is 4.63 Å². The van der Waals surface area contributed by atoms with Crippen LogP contribution >= 0.6 is 0 Å². The first-order valence-corrected chi connectivity index (χ1v) is 4.91. The number of aromatic nitrogens is 2. The van der Waals surface area contributed by atoms with Crippen LogP contribution < -0.4 is 5.32 Å². The zero-order valence-electron chi connectivity index (χ0n) is 9.08. The maximum atomic E-state index is 4.59. The molecule has 0 fully saturated rings. The van der Waals surface area contributed by atoms with Crippen LogP contribution in [0.2, 0.25) is 0 Å². The van der Waals surface area contributed by atoms with E-state index in [9.17, 15) is 0 Å². The topological polar surface area (TPSA) is 54.2 Å². The molecule has 0 spiro atoms. The number of likely N-dealkylation sites (N-methyl/N-ethyl adjacent to an activating group) is 1. The van der Waals surface area contributed by atoms with E-state index in [1.807, 2.05) is 6.92 Å². The smallest absolute Gasteiger partial charge is 0.121 e. The van der Waals surface area contributed by atoms with Crippen LogP contribution in [0.15, 0.2) is 4.63 Å². The van der Waals surface area contributed by atoms with E-state index in [2.05, 4.69) is 39.1 Å². The zero-order chi connectivity index (χ0) is 10.4. The highest BCUT2D eigenvalue weighted by Gasteiger charge is 2.03.